The number of aromatic nitrogens is 3. The molecule has 7 nitrogen and oxygen atoms in total. The number of urea groups is 1. The minimum atomic E-state index is -0.391. The zero-order valence-electron chi connectivity index (χ0n) is 17.4. The highest BCUT2D eigenvalue weighted by Crippen LogP contribution is 2.55. The summed E-state index contributed by atoms with van der Waals surface area (Å²) in [7, 11) is 1.79. The number of thioether (sulfide) groups is 1. The molecule has 164 valence electrons. The van der Waals surface area contributed by atoms with Crippen molar-refractivity contribution in [2.75, 3.05) is 5.75 Å². The summed E-state index contributed by atoms with van der Waals surface area (Å²) in [6, 6.07) is 5.61. The molecule has 0 spiro atoms. The van der Waals surface area contributed by atoms with Crippen LogP contribution in [-0.4, -0.2) is 38.0 Å². The van der Waals surface area contributed by atoms with Gasteiger partial charge >= 0.3 is 6.03 Å². The number of hydrogen-bond acceptors (Lipinski definition) is 5. The number of benzene rings is 1. The molecule has 0 radical (unpaired) electrons. The third-order valence-corrected chi connectivity index (χ3v) is 7.96. The van der Waals surface area contributed by atoms with Gasteiger partial charge in [-0.25, -0.2) is 9.18 Å². The van der Waals surface area contributed by atoms with E-state index in [0.29, 0.717) is 11.0 Å². The largest absolute Gasteiger partial charge is 0.332 e. The van der Waals surface area contributed by atoms with Gasteiger partial charge in [-0.3, -0.25) is 10.1 Å². The Hall–Kier alpha value is -2.42. The van der Waals surface area contributed by atoms with E-state index in [9.17, 15) is 14.0 Å². The number of hydrogen-bond donors (Lipinski definition) is 2. The van der Waals surface area contributed by atoms with Gasteiger partial charge in [0.1, 0.15) is 5.82 Å². The Kier molecular flexibility index (Phi) is 5.24. The number of imide groups is 1. The van der Waals surface area contributed by atoms with Crippen LogP contribution in [0, 0.1) is 23.6 Å². The fraction of sp³-hybridized carbons (Fsp3) is 0.545. The Labute approximate surface area is 184 Å². The van der Waals surface area contributed by atoms with Crippen LogP contribution in [-0.2, 0) is 11.8 Å². The molecule has 4 bridgehead atoms. The average molecular weight is 444 g/mol. The Morgan fingerprint density at radius 1 is 1.10 bits per heavy atom. The summed E-state index contributed by atoms with van der Waals surface area (Å²) < 4.78 is 14.9. The number of carbonyl (C=O) groups excluding carboxylic acids is 2. The standard InChI is InChI=1S/C22H26FN5O2S/c1-28-19(16-2-4-17(23)5-3-16)26-27-21(28)31-12-18(29)24-20(30)25-22-9-13-6-14(10-22)8-15(7-13)11-22/h2-5,13-15H,6-12H2,1H3,(H2,24,25,29,30). The molecule has 2 aromatic rings. The average Bonchev–Trinajstić information content (AvgIpc) is 3.06. The lowest BCUT2D eigenvalue weighted by Gasteiger charge is -2.56. The first kappa shape index (κ1) is 20.5. The van der Waals surface area contributed by atoms with Crippen LogP contribution in [0.2, 0.25) is 0 Å². The highest BCUT2D eigenvalue weighted by atomic mass is 32.2. The molecular formula is C22H26FN5O2S. The fourth-order valence-corrected chi connectivity index (χ4v) is 6.83. The molecule has 0 atom stereocenters. The molecule has 31 heavy (non-hydrogen) atoms. The second-order valence-electron chi connectivity index (χ2n) is 9.36. The van der Waals surface area contributed by atoms with Gasteiger partial charge in [-0.15, -0.1) is 10.2 Å². The van der Waals surface area contributed by atoms with Crippen LogP contribution >= 0.6 is 11.8 Å². The van der Waals surface area contributed by atoms with Crippen molar-refractivity contribution in [2.45, 2.75) is 49.2 Å². The molecule has 1 aromatic carbocycles. The van der Waals surface area contributed by atoms with Gasteiger partial charge in [0.2, 0.25) is 5.91 Å². The number of amides is 3. The lowest BCUT2D eigenvalue weighted by atomic mass is 9.53. The van der Waals surface area contributed by atoms with Crippen molar-refractivity contribution in [1.29, 1.82) is 0 Å². The minimum absolute atomic E-state index is 0.0592. The quantitative estimate of drug-likeness (QED) is 0.691. The van der Waals surface area contributed by atoms with Crippen LogP contribution < -0.4 is 10.6 Å². The summed E-state index contributed by atoms with van der Waals surface area (Å²) in [6.45, 7) is 0. The first-order chi connectivity index (χ1) is 14.9. The Balaban J connectivity index is 1.15. The van der Waals surface area contributed by atoms with Crippen molar-refractivity contribution < 1.29 is 14.0 Å². The number of rotatable bonds is 5. The van der Waals surface area contributed by atoms with Crippen molar-refractivity contribution in [1.82, 2.24) is 25.4 Å². The molecule has 0 aliphatic heterocycles. The summed E-state index contributed by atoms with van der Waals surface area (Å²) in [5, 5.41) is 14.4. The van der Waals surface area contributed by atoms with Crippen molar-refractivity contribution in [3.05, 3.63) is 30.1 Å². The number of carbonyl (C=O) groups is 2. The van der Waals surface area contributed by atoms with E-state index < -0.39 is 6.03 Å². The lowest BCUT2D eigenvalue weighted by molar-refractivity contribution is -0.117. The second kappa shape index (κ2) is 7.93. The van der Waals surface area contributed by atoms with E-state index in [1.54, 1.807) is 23.7 Å². The number of nitrogens with one attached hydrogen (secondary N) is 2. The molecule has 1 aromatic heterocycles. The maximum Gasteiger partial charge on any atom is 0.321 e. The highest BCUT2D eigenvalue weighted by molar-refractivity contribution is 7.99. The van der Waals surface area contributed by atoms with Gasteiger partial charge in [0.25, 0.3) is 0 Å². The zero-order valence-corrected chi connectivity index (χ0v) is 18.3. The highest BCUT2D eigenvalue weighted by Gasteiger charge is 2.51. The third-order valence-electron chi connectivity index (χ3n) is 6.94. The smallest absolute Gasteiger partial charge is 0.321 e. The summed E-state index contributed by atoms with van der Waals surface area (Å²) in [4.78, 5) is 24.9. The monoisotopic (exact) mass is 443 g/mol. The summed E-state index contributed by atoms with van der Waals surface area (Å²) in [5.41, 5.74) is 0.613. The van der Waals surface area contributed by atoms with Crippen molar-refractivity contribution >= 4 is 23.7 Å². The predicted molar refractivity (Wildman–Crippen MR) is 115 cm³/mol. The van der Waals surface area contributed by atoms with Gasteiger partial charge in [-0.2, -0.15) is 0 Å². The predicted octanol–water partition coefficient (Wildman–Crippen LogP) is 3.51. The molecule has 1 heterocycles. The first-order valence-corrected chi connectivity index (χ1v) is 11.8. The van der Waals surface area contributed by atoms with Crippen LogP contribution in [0.25, 0.3) is 11.4 Å². The normalized spacial score (nSPS) is 28.5. The van der Waals surface area contributed by atoms with E-state index >= 15 is 0 Å². The molecule has 4 aliphatic carbocycles. The van der Waals surface area contributed by atoms with E-state index in [0.717, 1.165) is 42.6 Å². The zero-order chi connectivity index (χ0) is 21.6. The SMILES string of the molecule is Cn1c(SCC(=O)NC(=O)NC23CC4CC(CC(C4)C2)C3)nnc1-c1ccc(F)cc1. The molecule has 0 unspecified atom stereocenters. The first-order valence-electron chi connectivity index (χ1n) is 10.8. The van der Waals surface area contributed by atoms with Crippen molar-refractivity contribution in [3.8, 4) is 11.4 Å². The Morgan fingerprint density at radius 2 is 1.71 bits per heavy atom. The van der Waals surface area contributed by atoms with Crippen LogP contribution in [0.4, 0.5) is 9.18 Å². The Bertz CT molecular complexity index is 971. The van der Waals surface area contributed by atoms with Gasteiger partial charge in [-0.1, -0.05) is 11.8 Å². The molecule has 4 aliphatic rings. The van der Waals surface area contributed by atoms with Gasteiger partial charge in [0, 0.05) is 18.2 Å². The van der Waals surface area contributed by atoms with Crippen LogP contribution in [0.15, 0.2) is 29.4 Å². The third kappa shape index (κ3) is 4.20. The number of nitrogens with zero attached hydrogens (tertiary/aromatic N) is 3. The topological polar surface area (TPSA) is 88.9 Å². The van der Waals surface area contributed by atoms with E-state index in [-0.39, 0.29) is 23.0 Å². The molecule has 4 saturated carbocycles. The molecule has 3 amide bonds. The van der Waals surface area contributed by atoms with Crippen molar-refractivity contribution in [2.24, 2.45) is 24.8 Å². The Morgan fingerprint density at radius 3 is 2.32 bits per heavy atom. The maximum atomic E-state index is 13.1. The maximum absolute atomic E-state index is 13.1. The summed E-state index contributed by atoms with van der Waals surface area (Å²) >= 11 is 1.21. The van der Waals surface area contributed by atoms with Crippen molar-refractivity contribution in [3.63, 3.8) is 0 Å². The molecule has 6 rings (SSSR count). The van der Waals surface area contributed by atoms with E-state index in [4.69, 9.17) is 0 Å². The lowest BCUT2D eigenvalue weighted by Crippen LogP contribution is -2.61. The number of halogens is 1. The summed E-state index contributed by atoms with van der Waals surface area (Å²) in [6.07, 6.45) is 7.03. The van der Waals surface area contributed by atoms with Gasteiger partial charge in [-0.05, 0) is 80.5 Å². The van der Waals surface area contributed by atoms with E-state index in [1.165, 1.54) is 43.2 Å². The molecule has 2 N–H and O–H groups in total. The van der Waals surface area contributed by atoms with Gasteiger partial charge in [0.05, 0.1) is 5.75 Å². The second-order valence-corrected chi connectivity index (χ2v) is 10.3. The summed E-state index contributed by atoms with van der Waals surface area (Å²) in [5.74, 6) is 2.14. The molecule has 0 saturated heterocycles. The van der Waals surface area contributed by atoms with E-state index in [2.05, 4.69) is 20.8 Å². The van der Waals surface area contributed by atoms with Crippen LogP contribution in [0.5, 0.6) is 0 Å². The van der Waals surface area contributed by atoms with Crippen LogP contribution in [0.3, 0.4) is 0 Å². The van der Waals surface area contributed by atoms with Gasteiger partial charge in [0.15, 0.2) is 11.0 Å². The van der Waals surface area contributed by atoms with Gasteiger partial charge < -0.3 is 9.88 Å². The minimum Gasteiger partial charge on any atom is -0.332 e. The van der Waals surface area contributed by atoms with E-state index in [1.807, 2.05) is 0 Å². The van der Waals surface area contributed by atoms with Crippen LogP contribution in [0.1, 0.15) is 38.5 Å². The molecule has 9 heteroatoms. The molecule has 4 fully saturated rings. The fourth-order valence-electron chi connectivity index (χ4n) is 6.12. The molecular weight excluding hydrogens is 417 g/mol.